The van der Waals surface area contributed by atoms with Gasteiger partial charge in [0, 0.05) is 17.8 Å². The summed E-state index contributed by atoms with van der Waals surface area (Å²) in [4.78, 5) is 0. The molecule has 0 unspecified atom stereocenters. The van der Waals surface area contributed by atoms with Gasteiger partial charge < -0.3 is 5.11 Å². The zero-order valence-electron chi connectivity index (χ0n) is 10.4. The first kappa shape index (κ1) is 11.6. The van der Waals surface area contributed by atoms with E-state index in [4.69, 9.17) is 0 Å². The number of rotatable bonds is 3. The molecule has 90 valence electrons. The van der Waals surface area contributed by atoms with E-state index in [1.165, 1.54) is 32.1 Å². The highest BCUT2D eigenvalue weighted by Crippen LogP contribution is 2.26. The van der Waals surface area contributed by atoms with Crippen molar-refractivity contribution in [1.82, 2.24) is 9.78 Å². The summed E-state index contributed by atoms with van der Waals surface area (Å²) in [5.74, 6) is 0.790. The van der Waals surface area contributed by atoms with Crippen molar-refractivity contribution in [3.05, 3.63) is 17.0 Å². The number of aromatic nitrogens is 2. The highest BCUT2D eigenvalue weighted by atomic mass is 16.3. The molecule has 1 N–H and O–H groups in total. The Kier molecular flexibility index (Phi) is 3.64. The van der Waals surface area contributed by atoms with Gasteiger partial charge in [0.25, 0.3) is 0 Å². The van der Waals surface area contributed by atoms with Gasteiger partial charge in [-0.2, -0.15) is 5.10 Å². The highest BCUT2D eigenvalue weighted by molar-refractivity contribution is 5.23. The molecule has 2 rings (SSSR count). The molecule has 0 amide bonds. The van der Waals surface area contributed by atoms with Crippen LogP contribution in [0.25, 0.3) is 0 Å². The number of aryl methyl sites for hydroxylation is 1. The molecule has 0 saturated heterocycles. The van der Waals surface area contributed by atoms with E-state index < -0.39 is 0 Å². The molecule has 3 heteroatoms. The molecular weight excluding hydrogens is 200 g/mol. The largest absolute Gasteiger partial charge is 0.392 e. The lowest BCUT2D eigenvalue weighted by atomic mass is 9.89. The molecule has 1 heterocycles. The maximum absolute atomic E-state index is 9.27. The predicted octanol–water partition coefficient (Wildman–Crippen LogP) is 2.57. The van der Waals surface area contributed by atoms with Gasteiger partial charge in [0.2, 0.25) is 0 Å². The zero-order chi connectivity index (χ0) is 11.5. The van der Waals surface area contributed by atoms with Gasteiger partial charge in [0.15, 0.2) is 0 Å². The van der Waals surface area contributed by atoms with Crippen molar-refractivity contribution in [2.75, 3.05) is 0 Å². The third kappa shape index (κ3) is 2.29. The Morgan fingerprint density at radius 1 is 1.25 bits per heavy atom. The Morgan fingerprint density at radius 2 is 1.94 bits per heavy atom. The lowest BCUT2D eigenvalue weighted by Gasteiger charge is -2.22. The lowest BCUT2D eigenvalue weighted by molar-refractivity contribution is 0.278. The molecule has 1 aliphatic rings. The minimum absolute atomic E-state index is 0.113. The van der Waals surface area contributed by atoms with E-state index >= 15 is 0 Å². The zero-order valence-corrected chi connectivity index (χ0v) is 10.4. The van der Waals surface area contributed by atoms with Crippen LogP contribution < -0.4 is 0 Å². The van der Waals surface area contributed by atoms with E-state index in [0.29, 0.717) is 0 Å². The van der Waals surface area contributed by atoms with Crippen molar-refractivity contribution >= 4 is 0 Å². The molecule has 0 bridgehead atoms. The maximum Gasteiger partial charge on any atom is 0.0718 e. The number of aliphatic hydroxyl groups excluding tert-OH is 1. The Bertz CT molecular complexity index is 351. The van der Waals surface area contributed by atoms with Crippen LogP contribution >= 0.6 is 0 Å². The Labute approximate surface area is 97.5 Å². The first-order valence-corrected chi connectivity index (χ1v) is 6.36. The van der Waals surface area contributed by atoms with E-state index in [2.05, 4.69) is 16.7 Å². The summed E-state index contributed by atoms with van der Waals surface area (Å²) in [5.41, 5.74) is 3.14. The molecule has 0 atom stereocenters. The van der Waals surface area contributed by atoms with Crippen LogP contribution in [0.4, 0.5) is 0 Å². The first-order chi connectivity index (χ1) is 7.72. The summed E-state index contributed by atoms with van der Waals surface area (Å²) < 4.78 is 2.09. The van der Waals surface area contributed by atoms with Gasteiger partial charge in [-0.15, -0.1) is 0 Å². The SMILES string of the molecule is Cc1nn(CC2CCCCC2)c(C)c1CO. The van der Waals surface area contributed by atoms with E-state index in [9.17, 15) is 5.11 Å². The van der Waals surface area contributed by atoms with Gasteiger partial charge in [-0.3, -0.25) is 4.68 Å². The van der Waals surface area contributed by atoms with Gasteiger partial charge >= 0.3 is 0 Å². The molecular formula is C13H22N2O. The molecule has 1 fully saturated rings. The second-order valence-corrected chi connectivity index (χ2v) is 4.99. The average Bonchev–Trinajstić information content (AvgIpc) is 2.55. The van der Waals surface area contributed by atoms with Crippen molar-refractivity contribution in [2.45, 2.75) is 59.1 Å². The summed E-state index contributed by atoms with van der Waals surface area (Å²) in [7, 11) is 0. The Hall–Kier alpha value is -0.830. The number of aliphatic hydroxyl groups is 1. The Morgan fingerprint density at radius 3 is 2.50 bits per heavy atom. The van der Waals surface area contributed by atoms with Crippen LogP contribution in [0.2, 0.25) is 0 Å². The number of nitrogens with zero attached hydrogens (tertiary/aromatic N) is 2. The fourth-order valence-corrected chi connectivity index (χ4v) is 2.75. The molecule has 0 aliphatic heterocycles. The van der Waals surface area contributed by atoms with Gasteiger partial charge in [0.1, 0.15) is 0 Å². The van der Waals surface area contributed by atoms with Crippen molar-refractivity contribution < 1.29 is 5.11 Å². The molecule has 0 radical (unpaired) electrons. The molecule has 3 nitrogen and oxygen atoms in total. The van der Waals surface area contributed by atoms with Crippen LogP contribution in [0.5, 0.6) is 0 Å². The highest BCUT2D eigenvalue weighted by Gasteiger charge is 2.17. The van der Waals surface area contributed by atoms with Gasteiger partial charge in [0.05, 0.1) is 12.3 Å². The molecule has 0 aromatic carbocycles. The smallest absolute Gasteiger partial charge is 0.0718 e. The lowest BCUT2D eigenvalue weighted by Crippen LogP contribution is -2.16. The van der Waals surface area contributed by atoms with Crippen LogP contribution in [-0.2, 0) is 13.2 Å². The van der Waals surface area contributed by atoms with Crippen molar-refractivity contribution in [2.24, 2.45) is 5.92 Å². The van der Waals surface area contributed by atoms with E-state index in [1.807, 2.05) is 6.92 Å². The summed E-state index contributed by atoms with van der Waals surface area (Å²) >= 11 is 0. The number of hydrogen-bond donors (Lipinski definition) is 1. The normalized spacial score (nSPS) is 17.9. The molecule has 16 heavy (non-hydrogen) atoms. The fraction of sp³-hybridized carbons (Fsp3) is 0.769. The van der Waals surface area contributed by atoms with Crippen LogP contribution in [0.15, 0.2) is 0 Å². The molecule has 1 saturated carbocycles. The standard InChI is InChI=1S/C13H22N2O/c1-10-13(9-16)11(2)15(14-10)8-12-6-4-3-5-7-12/h12,16H,3-9H2,1-2H3. The molecule has 1 aromatic heterocycles. The van der Waals surface area contributed by atoms with E-state index in [0.717, 1.165) is 29.4 Å². The maximum atomic E-state index is 9.27. The van der Waals surface area contributed by atoms with Gasteiger partial charge in [-0.25, -0.2) is 0 Å². The second kappa shape index (κ2) is 5.00. The fourth-order valence-electron chi connectivity index (χ4n) is 2.75. The molecule has 1 aromatic rings. The van der Waals surface area contributed by atoms with Crippen LogP contribution in [0, 0.1) is 19.8 Å². The van der Waals surface area contributed by atoms with E-state index in [-0.39, 0.29) is 6.61 Å². The average molecular weight is 222 g/mol. The minimum atomic E-state index is 0.113. The number of hydrogen-bond acceptors (Lipinski definition) is 2. The van der Waals surface area contributed by atoms with Gasteiger partial charge in [-0.1, -0.05) is 19.3 Å². The van der Waals surface area contributed by atoms with Crippen LogP contribution in [0.1, 0.15) is 49.1 Å². The second-order valence-electron chi connectivity index (χ2n) is 4.99. The van der Waals surface area contributed by atoms with Gasteiger partial charge in [-0.05, 0) is 32.6 Å². The predicted molar refractivity (Wildman–Crippen MR) is 64.2 cm³/mol. The third-order valence-corrected chi connectivity index (χ3v) is 3.85. The summed E-state index contributed by atoms with van der Waals surface area (Å²) in [6.07, 6.45) is 6.82. The summed E-state index contributed by atoms with van der Waals surface area (Å²) in [6, 6.07) is 0. The summed E-state index contributed by atoms with van der Waals surface area (Å²) in [5, 5.41) is 13.8. The van der Waals surface area contributed by atoms with Crippen molar-refractivity contribution in [3.63, 3.8) is 0 Å². The topological polar surface area (TPSA) is 38.0 Å². The molecule has 1 aliphatic carbocycles. The quantitative estimate of drug-likeness (QED) is 0.853. The summed E-state index contributed by atoms with van der Waals surface area (Å²) in [6.45, 7) is 5.19. The first-order valence-electron chi connectivity index (χ1n) is 6.36. The van der Waals surface area contributed by atoms with Crippen molar-refractivity contribution in [1.29, 1.82) is 0 Å². The van der Waals surface area contributed by atoms with E-state index in [1.54, 1.807) is 0 Å². The minimum Gasteiger partial charge on any atom is -0.392 e. The third-order valence-electron chi connectivity index (χ3n) is 3.85. The van der Waals surface area contributed by atoms with Crippen LogP contribution in [0.3, 0.4) is 0 Å². The monoisotopic (exact) mass is 222 g/mol. The Balaban J connectivity index is 2.08. The van der Waals surface area contributed by atoms with Crippen LogP contribution in [-0.4, -0.2) is 14.9 Å². The molecule has 0 spiro atoms. The van der Waals surface area contributed by atoms with Crippen molar-refractivity contribution in [3.8, 4) is 0 Å².